The van der Waals surface area contributed by atoms with E-state index in [0.717, 1.165) is 0 Å². The van der Waals surface area contributed by atoms with E-state index in [1.807, 2.05) is 51.2 Å². The fraction of sp³-hybridized carbons (Fsp3) is 1.00. The third-order valence-corrected chi connectivity index (χ3v) is 6.74. The number of hydrogen-bond donors (Lipinski definition) is 0. The number of thioether (sulfide) groups is 2. The molecule has 3 fully saturated rings. The summed E-state index contributed by atoms with van der Waals surface area (Å²) >= 11 is 3.98. The van der Waals surface area contributed by atoms with Crippen molar-refractivity contribution in [1.29, 1.82) is 0 Å². The minimum absolute atomic E-state index is 0.0418. The van der Waals surface area contributed by atoms with Crippen molar-refractivity contribution >= 4 is 23.5 Å². The predicted molar refractivity (Wildman–Crippen MR) is 82.1 cm³/mol. The quantitative estimate of drug-likeness (QED) is 0.739. The summed E-state index contributed by atoms with van der Waals surface area (Å²) in [7, 11) is 0. The zero-order valence-electron chi connectivity index (χ0n) is 12.6. The van der Waals surface area contributed by atoms with Crippen molar-refractivity contribution < 1.29 is 18.9 Å². The Labute approximate surface area is 129 Å². The van der Waals surface area contributed by atoms with E-state index < -0.39 is 11.6 Å². The van der Waals surface area contributed by atoms with Gasteiger partial charge in [0.15, 0.2) is 11.6 Å². The third-order valence-electron chi connectivity index (χ3n) is 3.68. The first-order valence-electron chi connectivity index (χ1n) is 7.27. The van der Waals surface area contributed by atoms with Crippen molar-refractivity contribution in [1.82, 2.24) is 0 Å². The number of hydrogen-bond acceptors (Lipinski definition) is 6. The lowest BCUT2D eigenvalue weighted by molar-refractivity contribution is -0.404. The van der Waals surface area contributed by atoms with E-state index in [-0.39, 0.29) is 18.3 Å². The molecule has 3 heterocycles. The number of fused-ring (bicyclic) bond motifs is 1. The fourth-order valence-corrected chi connectivity index (χ4v) is 5.92. The highest BCUT2D eigenvalue weighted by molar-refractivity contribution is 8.17. The fourth-order valence-electron chi connectivity index (χ4n) is 2.89. The van der Waals surface area contributed by atoms with Crippen molar-refractivity contribution in [3.63, 3.8) is 0 Å². The minimum Gasteiger partial charge on any atom is -0.348 e. The topological polar surface area (TPSA) is 36.9 Å². The van der Waals surface area contributed by atoms with Gasteiger partial charge >= 0.3 is 0 Å². The van der Waals surface area contributed by atoms with Crippen molar-refractivity contribution in [2.75, 3.05) is 18.1 Å². The lowest BCUT2D eigenvalue weighted by atomic mass is 10.0. The van der Waals surface area contributed by atoms with Crippen LogP contribution < -0.4 is 0 Å². The van der Waals surface area contributed by atoms with Crippen molar-refractivity contribution in [3.8, 4) is 0 Å². The molecule has 4 nitrogen and oxygen atoms in total. The maximum Gasteiger partial charge on any atom is 0.163 e. The molecular formula is C14H24O4S2. The molecule has 20 heavy (non-hydrogen) atoms. The normalized spacial score (nSPS) is 41.1. The molecule has 3 atom stereocenters. The summed E-state index contributed by atoms with van der Waals surface area (Å²) in [6, 6.07) is 0. The summed E-state index contributed by atoms with van der Waals surface area (Å²) in [5.74, 6) is 1.28. The Hall–Kier alpha value is 0.540. The molecule has 0 saturated carbocycles. The van der Waals surface area contributed by atoms with Gasteiger partial charge in [-0.05, 0) is 45.6 Å². The minimum atomic E-state index is -0.571. The van der Waals surface area contributed by atoms with Crippen molar-refractivity contribution in [3.05, 3.63) is 0 Å². The van der Waals surface area contributed by atoms with E-state index in [9.17, 15) is 0 Å². The van der Waals surface area contributed by atoms with Crippen molar-refractivity contribution in [2.24, 2.45) is 0 Å². The molecule has 0 aromatic carbocycles. The van der Waals surface area contributed by atoms with Gasteiger partial charge in [0.25, 0.3) is 0 Å². The Morgan fingerprint density at radius 3 is 2.20 bits per heavy atom. The molecule has 0 N–H and O–H groups in total. The summed E-state index contributed by atoms with van der Waals surface area (Å²) in [5.41, 5.74) is 0. The first kappa shape index (κ1) is 15.4. The summed E-state index contributed by atoms with van der Waals surface area (Å²) in [4.78, 5) is 0. The molecule has 3 rings (SSSR count). The summed E-state index contributed by atoms with van der Waals surface area (Å²) in [5, 5.41) is 0. The van der Waals surface area contributed by atoms with Gasteiger partial charge in [-0.1, -0.05) is 0 Å². The molecule has 0 aromatic rings. The zero-order valence-corrected chi connectivity index (χ0v) is 14.2. The lowest BCUT2D eigenvalue weighted by Gasteiger charge is -2.52. The number of ether oxygens (including phenoxy) is 4. The van der Waals surface area contributed by atoms with E-state index in [1.165, 1.54) is 17.9 Å². The summed E-state index contributed by atoms with van der Waals surface area (Å²) in [6.07, 6.45) is 1.25. The monoisotopic (exact) mass is 320 g/mol. The van der Waals surface area contributed by atoms with E-state index in [1.54, 1.807) is 0 Å². The maximum absolute atomic E-state index is 6.23. The first-order valence-corrected chi connectivity index (χ1v) is 9.37. The van der Waals surface area contributed by atoms with Crippen LogP contribution in [0.1, 0.15) is 34.1 Å². The van der Waals surface area contributed by atoms with Crippen LogP contribution in [-0.2, 0) is 18.9 Å². The van der Waals surface area contributed by atoms with Gasteiger partial charge in [-0.3, -0.25) is 0 Å². The zero-order chi connectivity index (χ0) is 14.4. The molecule has 0 amide bonds. The highest BCUT2D eigenvalue weighted by Gasteiger charge is 2.52. The Kier molecular flexibility index (Phi) is 4.35. The Morgan fingerprint density at radius 1 is 0.850 bits per heavy atom. The molecule has 116 valence electrons. The van der Waals surface area contributed by atoms with E-state index in [0.29, 0.717) is 11.2 Å². The Morgan fingerprint density at radius 2 is 1.50 bits per heavy atom. The van der Waals surface area contributed by atoms with Gasteiger partial charge < -0.3 is 18.9 Å². The van der Waals surface area contributed by atoms with E-state index in [2.05, 4.69) is 0 Å². The Bertz CT molecular complexity index is 355. The molecule has 3 aliphatic rings. The van der Waals surface area contributed by atoms with Crippen LogP contribution in [0.3, 0.4) is 0 Å². The smallest absolute Gasteiger partial charge is 0.163 e. The lowest BCUT2D eigenvalue weighted by Crippen LogP contribution is -2.64. The molecule has 0 aliphatic carbocycles. The highest BCUT2D eigenvalue weighted by Crippen LogP contribution is 2.43. The van der Waals surface area contributed by atoms with Gasteiger partial charge in [0, 0.05) is 0 Å². The van der Waals surface area contributed by atoms with E-state index >= 15 is 0 Å². The molecule has 0 aromatic heterocycles. The largest absolute Gasteiger partial charge is 0.348 e. The third kappa shape index (κ3) is 3.31. The summed E-state index contributed by atoms with van der Waals surface area (Å²) < 4.78 is 24.5. The molecular weight excluding hydrogens is 296 g/mol. The van der Waals surface area contributed by atoms with Crippen LogP contribution in [-0.4, -0.2) is 52.6 Å². The molecule has 3 saturated heterocycles. The predicted octanol–water partition coefficient (Wildman–Crippen LogP) is 2.85. The maximum atomic E-state index is 6.23. The molecule has 6 heteroatoms. The summed E-state index contributed by atoms with van der Waals surface area (Å²) in [6.45, 7) is 8.45. The second kappa shape index (κ2) is 5.63. The van der Waals surface area contributed by atoms with E-state index in [4.69, 9.17) is 18.9 Å². The van der Waals surface area contributed by atoms with Crippen LogP contribution in [0.15, 0.2) is 0 Å². The number of rotatable bonds is 1. The van der Waals surface area contributed by atoms with Gasteiger partial charge in [-0.15, -0.1) is 23.5 Å². The van der Waals surface area contributed by atoms with Crippen molar-refractivity contribution in [2.45, 2.75) is 68.6 Å². The molecule has 3 aliphatic heterocycles. The SMILES string of the molecule is CC1(C)OC[C@H]2OC(C)(C)O[C@H](C3SCCCS3)[C@H]2O1. The molecule has 0 spiro atoms. The molecule has 0 radical (unpaired) electrons. The second-order valence-corrected chi connectivity index (χ2v) is 9.19. The van der Waals surface area contributed by atoms with Crippen LogP contribution >= 0.6 is 23.5 Å². The van der Waals surface area contributed by atoms with Gasteiger partial charge in [0.1, 0.15) is 18.3 Å². The van der Waals surface area contributed by atoms with Gasteiger partial charge in [-0.2, -0.15) is 0 Å². The molecule has 0 bridgehead atoms. The van der Waals surface area contributed by atoms with Gasteiger partial charge in [0.05, 0.1) is 11.2 Å². The van der Waals surface area contributed by atoms with Crippen LogP contribution in [0.5, 0.6) is 0 Å². The average Bonchev–Trinajstić information content (AvgIpc) is 2.38. The van der Waals surface area contributed by atoms with Crippen LogP contribution in [0.2, 0.25) is 0 Å². The Balaban J connectivity index is 1.80. The van der Waals surface area contributed by atoms with Gasteiger partial charge in [-0.25, -0.2) is 0 Å². The molecule has 0 unspecified atom stereocenters. The van der Waals surface area contributed by atoms with Crippen LogP contribution in [0.25, 0.3) is 0 Å². The van der Waals surface area contributed by atoms with Gasteiger partial charge in [0.2, 0.25) is 0 Å². The van der Waals surface area contributed by atoms with Crippen LogP contribution in [0.4, 0.5) is 0 Å². The second-order valence-electron chi connectivity index (χ2n) is 6.40. The van der Waals surface area contributed by atoms with Crippen LogP contribution in [0, 0.1) is 0 Å². The first-order chi connectivity index (χ1) is 9.36. The standard InChI is InChI=1S/C14H24O4S2/c1-13(2)15-8-9-10(17-13)11(18-14(3,4)16-9)12-19-6-5-7-20-12/h9-12H,5-8H2,1-4H3/t9-,10+,11+/m1/s1. The average molecular weight is 320 g/mol. The highest BCUT2D eigenvalue weighted by atomic mass is 32.2.